The van der Waals surface area contributed by atoms with Gasteiger partial charge in [0.25, 0.3) is 0 Å². The van der Waals surface area contributed by atoms with Crippen molar-refractivity contribution in [3.8, 4) is 0 Å². The normalized spacial score (nSPS) is 17.2. The SMILES string of the molecule is Cc1ccc(N)c(NC(=O)C2(CC(C)C)CCCC2)c1C. The van der Waals surface area contributed by atoms with Gasteiger partial charge in [0.05, 0.1) is 11.4 Å². The van der Waals surface area contributed by atoms with Gasteiger partial charge in [0.1, 0.15) is 0 Å². The minimum Gasteiger partial charge on any atom is -0.397 e. The van der Waals surface area contributed by atoms with Crippen molar-refractivity contribution in [2.45, 2.75) is 59.8 Å². The summed E-state index contributed by atoms with van der Waals surface area (Å²) in [5, 5.41) is 3.14. The van der Waals surface area contributed by atoms with E-state index in [1.165, 1.54) is 0 Å². The van der Waals surface area contributed by atoms with Crippen LogP contribution in [0.1, 0.15) is 57.1 Å². The average molecular weight is 288 g/mol. The van der Waals surface area contributed by atoms with Crippen LogP contribution in [0.3, 0.4) is 0 Å². The first-order chi connectivity index (χ1) is 9.85. The summed E-state index contributed by atoms with van der Waals surface area (Å²) in [5.41, 5.74) is 9.55. The summed E-state index contributed by atoms with van der Waals surface area (Å²) < 4.78 is 0. The molecule has 1 saturated carbocycles. The molecule has 1 amide bonds. The van der Waals surface area contributed by atoms with E-state index in [0.717, 1.165) is 48.9 Å². The number of carbonyl (C=O) groups is 1. The van der Waals surface area contributed by atoms with E-state index in [2.05, 4.69) is 19.2 Å². The van der Waals surface area contributed by atoms with Crippen LogP contribution in [0.5, 0.6) is 0 Å². The zero-order valence-corrected chi connectivity index (χ0v) is 13.8. The Labute approximate surface area is 128 Å². The minimum atomic E-state index is -0.198. The van der Waals surface area contributed by atoms with Crippen molar-refractivity contribution in [1.82, 2.24) is 0 Å². The third kappa shape index (κ3) is 3.22. The van der Waals surface area contributed by atoms with Crippen LogP contribution in [0.4, 0.5) is 11.4 Å². The molecule has 2 rings (SSSR count). The van der Waals surface area contributed by atoms with Crippen LogP contribution in [0.15, 0.2) is 12.1 Å². The van der Waals surface area contributed by atoms with Crippen molar-refractivity contribution in [3.05, 3.63) is 23.3 Å². The van der Waals surface area contributed by atoms with E-state index >= 15 is 0 Å². The summed E-state index contributed by atoms with van der Waals surface area (Å²) in [7, 11) is 0. The van der Waals surface area contributed by atoms with Gasteiger partial charge in [0.15, 0.2) is 0 Å². The molecule has 3 N–H and O–H groups in total. The van der Waals surface area contributed by atoms with Gasteiger partial charge in [-0.05, 0) is 56.2 Å². The van der Waals surface area contributed by atoms with E-state index in [1.54, 1.807) is 0 Å². The quantitative estimate of drug-likeness (QED) is 0.805. The molecule has 0 bridgehead atoms. The van der Waals surface area contributed by atoms with Gasteiger partial charge in [-0.15, -0.1) is 0 Å². The Bertz CT molecular complexity index is 528. The van der Waals surface area contributed by atoms with Crippen LogP contribution in [0, 0.1) is 25.2 Å². The smallest absolute Gasteiger partial charge is 0.230 e. The number of nitrogens with two attached hydrogens (primary N) is 1. The second kappa shape index (κ2) is 6.08. The zero-order valence-electron chi connectivity index (χ0n) is 13.8. The molecule has 116 valence electrons. The Hall–Kier alpha value is -1.51. The lowest BCUT2D eigenvalue weighted by molar-refractivity contribution is -0.126. The molecule has 0 heterocycles. The first-order valence-corrected chi connectivity index (χ1v) is 8.03. The van der Waals surface area contributed by atoms with E-state index in [-0.39, 0.29) is 11.3 Å². The Kier molecular flexibility index (Phi) is 4.60. The number of hydrogen-bond acceptors (Lipinski definition) is 2. The molecule has 0 unspecified atom stereocenters. The van der Waals surface area contributed by atoms with Gasteiger partial charge < -0.3 is 11.1 Å². The number of nitrogen functional groups attached to an aromatic ring is 1. The summed E-state index contributed by atoms with van der Waals surface area (Å²) >= 11 is 0. The van der Waals surface area contributed by atoms with Gasteiger partial charge in [-0.25, -0.2) is 0 Å². The maximum Gasteiger partial charge on any atom is 0.230 e. The van der Waals surface area contributed by atoms with Gasteiger partial charge in [-0.3, -0.25) is 4.79 Å². The van der Waals surface area contributed by atoms with E-state index in [1.807, 2.05) is 26.0 Å². The van der Waals surface area contributed by atoms with Crippen molar-refractivity contribution in [2.75, 3.05) is 11.1 Å². The fourth-order valence-corrected chi connectivity index (χ4v) is 3.61. The highest BCUT2D eigenvalue weighted by molar-refractivity contribution is 5.99. The molecule has 1 aromatic carbocycles. The van der Waals surface area contributed by atoms with E-state index < -0.39 is 0 Å². The van der Waals surface area contributed by atoms with Crippen molar-refractivity contribution in [2.24, 2.45) is 11.3 Å². The van der Waals surface area contributed by atoms with Crippen LogP contribution < -0.4 is 11.1 Å². The highest BCUT2D eigenvalue weighted by atomic mass is 16.2. The monoisotopic (exact) mass is 288 g/mol. The van der Waals surface area contributed by atoms with E-state index in [0.29, 0.717) is 11.6 Å². The van der Waals surface area contributed by atoms with Crippen LogP contribution in [-0.4, -0.2) is 5.91 Å². The number of rotatable bonds is 4. The fourth-order valence-electron chi connectivity index (χ4n) is 3.61. The van der Waals surface area contributed by atoms with Crippen molar-refractivity contribution >= 4 is 17.3 Å². The van der Waals surface area contributed by atoms with Crippen LogP contribution in [0.2, 0.25) is 0 Å². The van der Waals surface area contributed by atoms with Crippen molar-refractivity contribution < 1.29 is 4.79 Å². The van der Waals surface area contributed by atoms with Crippen molar-refractivity contribution in [1.29, 1.82) is 0 Å². The predicted octanol–water partition coefficient (Wildman–Crippen LogP) is 4.43. The number of anilines is 2. The largest absolute Gasteiger partial charge is 0.397 e. The molecule has 1 aromatic rings. The number of amides is 1. The Morgan fingerprint density at radius 3 is 2.48 bits per heavy atom. The number of benzene rings is 1. The lowest BCUT2D eigenvalue weighted by Crippen LogP contribution is -2.35. The fraction of sp³-hybridized carbons (Fsp3) is 0.611. The van der Waals surface area contributed by atoms with Crippen LogP contribution in [0.25, 0.3) is 0 Å². The minimum absolute atomic E-state index is 0.161. The van der Waals surface area contributed by atoms with Crippen LogP contribution in [-0.2, 0) is 4.79 Å². The number of carbonyl (C=O) groups excluding carboxylic acids is 1. The third-order valence-corrected chi connectivity index (χ3v) is 4.85. The molecule has 0 atom stereocenters. The Morgan fingerprint density at radius 1 is 1.29 bits per heavy atom. The maximum absolute atomic E-state index is 12.9. The molecular weight excluding hydrogens is 260 g/mol. The summed E-state index contributed by atoms with van der Waals surface area (Å²) in [6.45, 7) is 8.45. The summed E-state index contributed by atoms with van der Waals surface area (Å²) in [5.74, 6) is 0.693. The van der Waals surface area contributed by atoms with Crippen LogP contribution >= 0.6 is 0 Å². The first-order valence-electron chi connectivity index (χ1n) is 8.03. The molecule has 0 aliphatic heterocycles. The van der Waals surface area contributed by atoms with Gasteiger partial charge in [-0.1, -0.05) is 32.8 Å². The lowest BCUT2D eigenvalue weighted by atomic mass is 9.77. The number of nitrogens with one attached hydrogen (secondary N) is 1. The van der Waals surface area contributed by atoms with E-state index in [9.17, 15) is 4.79 Å². The topological polar surface area (TPSA) is 55.1 Å². The molecule has 0 aromatic heterocycles. The molecule has 1 aliphatic carbocycles. The Morgan fingerprint density at radius 2 is 1.90 bits per heavy atom. The van der Waals surface area contributed by atoms with E-state index in [4.69, 9.17) is 5.73 Å². The molecule has 1 aliphatic rings. The summed E-state index contributed by atoms with van der Waals surface area (Å²) in [4.78, 5) is 12.9. The molecule has 3 nitrogen and oxygen atoms in total. The molecular formula is C18H28N2O. The number of aryl methyl sites for hydroxylation is 1. The maximum atomic E-state index is 12.9. The average Bonchev–Trinajstić information content (AvgIpc) is 2.88. The summed E-state index contributed by atoms with van der Waals surface area (Å²) in [6, 6.07) is 3.88. The molecule has 0 saturated heterocycles. The molecule has 0 radical (unpaired) electrons. The lowest BCUT2D eigenvalue weighted by Gasteiger charge is -2.30. The van der Waals surface area contributed by atoms with Gasteiger partial charge in [-0.2, -0.15) is 0 Å². The van der Waals surface area contributed by atoms with Gasteiger partial charge in [0, 0.05) is 5.41 Å². The molecule has 3 heteroatoms. The Balaban J connectivity index is 2.26. The third-order valence-electron chi connectivity index (χ3n) is 4.85. The van der Waals surface area contributed by atoms with Gasteiger partial charge >= 0.3 is 0 Å². The molecule has 1 fully saturated rings. The first kappa shape index (κ1) is 15.9. The van der Waals surface area contributed by atoms with Gasteiger partial charge in [0.2, 0.25) is 5.91 Å². The molecule has 21 heavy (non-hydrogen) atoms. The highest BCUT2D eigenvalue weighted by Crippen LogP contribution is 2.44. The highest BCUT2D eigenvalue weighted by Gasteiger charge is 2.41. The zero-order chi connectivity index (χ0) is 15.6. The number of hydrogen-bond donors (Lipinski definition) is 2. The predicted molar refractivity (Wildman–Crippen MR) is 89.3 cm³/mol. The second-order valence-corrected chi connectivity index (χ2v) is 7.01. The molecule has 0 spiro atoms. The standard InChI is InChI=1S/C18H28N2O/c1-12(2)11-18(9-5-6-10-18)17(21)20-16-14(4)13(3)7-8-15(16)19/h7-8,12H,5-6,9-11,19H2,1-4H3,(H,20,21). The summed E-state index contributed by atoms with van der Waals surface area (Å²) in [6.07, 6.45) is 5.28. The second-order valence-electron chi connectivity index (χ2n) is 7.01. The van der Waals surface area contributed by atoms with Crippen molar-refractivity contribution in [3.63, 3.8) is 0 Å².